The number of hydrogen-bond acceptors (Lipinski definition) is 5. The average molecular weight is 389 g/mol. The Kier molecular flexibility index (Phi) is 5.44. The van der Waals surface area contributed by atoms with Crippen molar-refractivity contribution in [2.45, 2.75) is 6.92 Å². The van der Waals surface area contributed by atoms with Crippen molar-refractivity contribution in [3.05, 3.63) is 57.9 Å². The number of ether oxygens (including phenoxy) is 2. The van der Waals surface area contributed by atoms with E-state index in [0.29, 0.717) is 27.2 Å². The maximum Gasteiger partial charge on any atom is 0.257 e. The lowest BCUT2D eigenvalue weighted by Gasteiger charge is -2.09. The number of halogens is 1. The van der Waals surface area contributed by atoms with E-state index < -0.39 is 0 Å². The van der Waals surface area contributed by atoms with Crippen LogP contribution in [-0.2, 0) is 0 Å². The molecule has 0 atom stereocenters. The normalized spacial score (nSPS) is 10.5. The number of methoxy groups -OCH3 is 2. The predicted octanol–water partition coefficient (Wildman–Crippen LogP) is 5.04. The van der Waals surface area contributed by atoms with Crippen molar-refractivity contribution in [3.8, 4) is 22.8 Å². The molecule has 0 aliphatic heterocycles. The molecular weight excluding hydrogens is 372 g/mol. The molecule has 0 saturated carbocycles. The summed E-state index contributed by atoms with van der Waals surface area (Å²) in [7, 11) is 3.08. The monoisotopic (exact) mass is 388 g/mol. The van der Waals surface area contributed by atoms with Gasteiger partial charge in [0.1, 0.15) is 0 Å². The van der Waals surface area contributed by atoms with Crippen LogP contribution in [0.5, 0.6) is 11.5 Å². The second kappa shape index (κ2) is 7.76. The van der Waals surface area contributed by atoms with Crippen molar-refractivity contribution >= 4 is 34.0 Å². The van der Waals surface area contributed by atoms with Crippen LogP contribution in [0.4, 0.5) is 5.13 Å². The first kappa shape index (κ1) is 18.2. The number of carbonyl (C=O) groups excluding carboxylic acids is 1. The van der Waals surface area contributed by atoms with Gasteiger partial charge in [0.2, 0.25) is 0 Å². The molecule has 134 valence electrons. The van der Waals surface area contributed by atoms with E-state index in [1.54, 1.807) is 25.3 Å². The lowest BCUT2D eigenvalue weighted by molar-refractivity contribution is 0.102. The molecule has 1 N–H and O–H groups in total. The minimum absolute atomic E-state index is 0.262. The van der Waals surface area contributed by atoms with E-state index in [0.717, 1.165) is 16.1 Å². The van der Waals surface area contributed by atoms with Crippen LogP contribution in [0.25, 0.3) is 11.3 Å². The number of rotatable bonds is 5. The highest BCUT2D eigenvalue weighted by Gasteiger charge is 2.15. The summed E-state index contributed by atoms with van der Waals surface area (Å²) in [6.45, 7) is 1.97. The number of thiazole rings is 1. The van der Waals surface area contributed by atoms with E-state index in [4.69, 9.17) is 21.1 Å². The Morgan fingerprint density at radius 2 is 1.77 bits per heavy atom. The van der Waals surface area contributed by atoms with Crippen molar-refractivity contribution < 1.29 is 14.3 Å². The van der Waals surface area contributed by atoms with Gasteiger partial charge in [-0.05, 0) is 37.3 Å². The Labute approximate surface area is 160 Å². The summed E-state index contributed by atoms with van der Waals surface area (Å²) in [6, 6.07) is 12.5. The molecule has 1 aromatic heterocycles. The molecular formula is C19H17ClN2O3S. The molecule has 0 aliphatic carbocycles. The molecule has 2 aromatic carbocycles. The fourth-order valence-electron chi connectivity index (χ4n) is 2.47. The first-order valence-electron chi connectivity index (χ1n) is 7.78. The first-order chi connectivity index (χ1) is 12.5. The third kappa shape index (κ3) is 3.81. The summed E-state index contributed by atoms with van der Waals surface area (Å²) >= 11 is 7.36. The van der Waals surface area contributed by atoms with Crippen LogP contribution < -0.4 is 14.8 Å². The molecule has 0 bridgehead atoms. The van der Waals surface area contributed by atoms with Gasteiger partial charge in [-0.3, -0.25) is 10.1 Å². The number of amides is 1. The maximum absolute atomic E-state index is 12.5. The van der Waals surface area contributed by atoms with Crippen molar-refractivity contribution in [3.63, 3.8) is 0 Å². The summed E-state index contributed by atoms with van der Waals surface area (Å²) in [6.07, 6.45) is 0. The van der Waals surface area contributed by atoms with Gasteiger partial charge >= 0.3 is 0 Å². The fourth-order valence-corrected chi connectivity index (χ4v) is 3.43. The van der Waals surface area contributed by atoms with Crippen LogP contribution in [0.1, 0.15) is 15.2 Å². The van der Waals surface area contributed by atoms with Crippen molar-refractivity contribution in [1.29, 1.82) is 0 Å². The van der Waals surface area contributed by atoms with Gasteiger partial charge in [-0.1, -0.05) is 23.7 Å². The second-order valence-corrected chi connectivity index (χ2v) is 7.09. The van der Waals surface area contributed by atoms with Crippen LogP contribution in [0, 0.1) is 6.92 Å². The Bertz CT molecular complexity index is 938. The number of hydrogen-bond donors (Lipinski definition) is 1. The van der Waals surface area contributed by atoms with Crippen LogP contribution in [0.15, 0.2) is 42.5 Å². The Balaban J connectivity index is 1.82. The number of carbonyl (C=O) groups is 1. The zero-order chi connectivity index (χ0) is 18.7. The number of aryl methyl sites for hydroxylation is 1. The van der Waals surface area contributed by atoms with E-state index in [-0.39, 0.29) is 5.91 Å². The molecule has 7 heteroatoms. The van der Waals surface area contributed by atoms with Crippen LogP contribution in [0.2, 0.25) is 5.02 Å². The molecule has 1 amide bonds. The van der Waals surface area contributed by atoms with E-state index >= 15 is 0 Å². The summed E-state index contributed by atoms with van der Waals surface area (Å²) in [5, 5.41) is 4.04. The number of aromatic nitrogens is 1. The van der Waals surface area contributed by atoms with E-state index in [2.05, 4.69) is 10.3 Å². The molecule has 0 spiro atoms. The molecule has 26 heavy (non-hydrogen) atoms. The predicted molar refractivity (Wildman–Crippen MR) is 105 cm³/mol. The van der Waals surface area contributed by atoms with Gasteiger partial charge in [0.15, 0.2) is 16.6 Å². The number of nitrogens with one attached hydrogen (secondary N) is 1. The van der Waals surface area contributed by atoms with Crippen molar-refractivity contribution in [1.82, 2.24) is 4.98 Å². The summed E-state index contributed by atoms with van der Waals surface area (Å²) in [5.41, 5.74) is 2.24. The summed E-state index contributed by atoms with van der Waals surface area (Å²) < 4.78 is 10.4. The molecule has 0 saturated heterocycles. The Morgan fingerprint density at radius 1 is 1.08 bits per heavy atom. The topological polar surface area (TPSA) is 60.5 Å². The molecule has 0 aliphatic rings. The number of anilines is 1. The van der Waals surface area contributed by atoms with Gasteiger partial charge in [-0.2, -0.15) is 0 Å². The molecule has 0 fully saturated rings. The minimum atomic E-state index is -0.262. The zero-order valence-corrected chi connectivity index (χ0v) is 16.1. The Hall–Kier alpha value is -2.57. The third-order valence-electron chi connectivity index (χ3n) is 3.78. The third-order valence-corrected chi connectivity index (χ3v) is 4.92. The smallest absolute Gasteiger partial charge is 0.257 e. The molecule has 0 unspecified atom stereocenters. The van der Waals surface area contributed by atoms with Gasteiger partial charge in [-0.25, -0.2) is 4.98 Å². The first-order valence-corrected chi connectivity index (χ1v) is 8.98. The summed E-state index contributed by atoms with van der Waals surface area (Å²) in [5.74, 6) is 0.804. The number of nitrogens with zero attached hydrogens (tertiary/aromatic N) is 1. The maximum atomic E-state index is 12.5. The van der Waals surface area contributed by atoms with Gasteiger partial charge in [0, 0.05) is 21.0 Å². The molecule has 3 rings (SSSR count). The molecule has 0 radical (unpaired) electrons. The average Bonchev–Trinajstić information content (AvgIpc) is 3.01. The van der Waals surface area contributed by atoms with Crippen LogP contribution >= 0.6 is 22.9 Å². The van der Waals surface area contributed by atoms with E-state index in [1.807, 2.05) is 31.2 Å². The SMILES string of the molecule is COc1ccc(C(=O)Nc2nc(-c3ccc(Cl)cc3)c(C)s2)cc1OC. The van der Waals surface area contributed by atoms with Crippen LogP contribution in [0.3, 0.4) is 0 Å². The fraction of sp³-hybridized carbons (Fsp3) is 0.158. The van der Waals surface area contributed by atoms with Gasteiger partial charge in [0.25, 0.3) is 5.91 Å². The quantitative estimate of drug-likeness (QED) is 0.665. The van der Waals surface area contributed by atoms with Gasteiger partial charge in [-0.15, -0.1) is 11.3 Å². The highest BCUT2D eigenvalue weighted by atomic mass is 35.5. The highest BCUT2D eigenvalue weighted by molar-refractivity contribution is 7.16. The molecule has 3 aromatic rings. The minimum Gasteiger partial charge on any atom is -0.493 e. The highest BCUT2D eigenvalue weighted by Crippen LogP contribution is 2.32. The van der Waals surface area contributed by atoms with Gasteiger partial charge in [0.05, 0.1) is 19.9 Å². The molecule has 1 heterocycles. The van der Waals surface area contributed by atoms with Gasteiger partial charge < -0.3 is 9.47 Å². The molecule has 5 nitrogen and oxygen atoms in total. The van der Waals surface area contributed by atoms with Crippen LogP contribution in [-0.4, -0.2) is 25.1 Å². The largest absolute Gasteiger partial charge is 0.493 e. The Morgan fingerprint density at radius 3 is 2.42 bits per heavy atom. The van der Waals surface area contributed by atoms with Crippen molar-refractivity contribution in [2.24, 2.45) is 0 Å². The number of benzene rings is 2. The standard InChI is InChI=1S/C19H17ClN2O3S/c1-11-17(12-4-7-14(20)8-5-12)21-19(26-11)22-18(23)13-6-9-15(24-2)16(10-13)25-3/h4-10H,1-3H3,(H,21,22,23). The van der Waals surface area contributed by atoms with E-state index in [1.165, 1.54) is 18.4 Å². The summed E-state index contributed by atoms with van der Waals surface area (Å²) in [4.78, 5) is 18.1. The second-order valence-electron chi connectivity index (χ2n) is 5.45. The van der Waals surface area contributed by atoms with E-state index in [9.17, 15) is 4.79 Å². The lowest BCUT2D eigenvalue weighted by atomic mass is 10.1. The lowest BCUT2D eigenvalue weighted by Crippen LogP contribution is -2.11. The van der Waals surface area contributed by atoms with Crippen molar-refractivity contribution in [2.75, 3.05) is 19.5 Å². The zero-order valence-electron chi connectivity index (χ0n) is 14.5.